The lowest BCUT2D eigenvalue weighted by molar-refractivity contribution is -0.843. The summed E-state index contributed by atoms with van der Waals surface area (Å²) < 4.78 is -0.145. The first kappa shape index (κ1) is 17.5. The Morgan fingerprint density at radius 1 is 1.30 bits per heavy atom. The molecule has 1 aromatic rings. The van der Waals surface area contributed by atoms with Gasteiger partial charge in [-0.15, -0.1) is 0 Å². The molecular formula is C19H28N2O2. The number of carbonyl (C=O) groups is 1. The van der Waals surface area contributed by atoms with Gasteiger partial charge in [-0.2, -0.15) is 0 Å². The van der Waals surface area contributed by atoms with E-state index in [2.05, 4.69) is 18.7 Å². The molecule has 1 heterocycles. The molecule has 0 saturated heterocycles. The maximum Gasteiger partial charge on any atom is 0.264 e. The highest BCUT2D eigenvalue weighted by atomic mass is 16.4. The molecule has 126 valence electrons. The van der Waals surface area contributed by atoms with Gasteiger partial charge in [-0.25, -0.2) is 4.48 Å². The summed E-state index contributed by atoms with van der Waals surface area (Å²) in [4.78, 5) is 13.9. The van der Waals surface area contributed by atoms with Gasteiger partial charge in [-0.05, 0) is 12.3 Å². The van der Waals surface area contributed by atoms with Crippen molar-refractivity contribution in [2.75, 3.05) is 13.2 Å². The van der Waals surface area contributed by atoms with Crippen LogP contribution in [-0.4, -0.2) is 28.7 Å². The van der Waals surface area contributed by atoms with Crippen LogP contribution in [0, 0.1) is 5.92 Å². The molecule has 1 amide bonds. The first-order valence-corrected chi connectivity index (χ1v) is 8.65. The van der Waals surface area contributed by atoms with Crippen LogP contribution in [0.1, 0.15) is 45.1 Å². The topological polar surface area (TPSA) is 43.4 Å². The molecule has 0 fully saturated rings. The molecule has 0 spiro atoms. The molecule has 1 aromatic carbocycles. The van der Waals surface area contributed by atoms with Crippen LogP contribution in [-0.2, 0) is 6.54 Å². The van der Waals surface area contributed by atoms with Gasteiger partial charge >= 0.3 is 0 Å². The summed E-state index contributed by atoms with van der Waals surface area (Å²) in [5.74, 6) is 0.623. The van der Waals surface area contributed by atoms with Crippen LogP contribution < -0.4 is 5.11 Å². The van der Waals surface area contributed by atoms with Crippen LogP contribution in [0.15, 0.2) is 42.7 Å². The Hall–Kier alpha value is -1.81. The molecule has 0 aliphatic carbocycles. The van der Waals surface area contributed by atoms with Crippen molar-refractivity contribution in [2.45, 2.75) is 46.1 Å². The van der Waals surface area contributed by atoms with Gasteiger partial charge in [0.1, 0.15) is 12.7 Å². The minimum Gasteiger partial charge on any atom is -0.498 e. The van der Waals surface area contributed by atoms with E-state index in [1.807, 2.05) is 36.5 Å². The monoisotopic (exact) mass is 316 g/mol. The summed E-state index contributed by atoms with van der Waals surface area (Å²) >= 11 is 0. The average Bonchev–Trinajstić information content (AvgIpc) is 2.96. The maximum atomic E-state index is 11.8. The zero-order valence-electron chi connectivity index (χ0n) is 14.3. The Balaban J connectivity index is 2.01. The van der Waals surface area contributed by atoms with E-state index in [1.165, 1.54) is 19.3 Å². The highest BCUT2D eigenvalue weighted by Crippen LogP contribution is 2.24. The predicted octanol–water partition coefficient (Wildman–Crippen LogP) is 3.31. The molecule has 1 aliphatic rings. The standard InChI is InChI=1S/C19H28N2O2/c1-3-5-9-17(4-2)14-20-12-13-21(16-20,19(22)23)15-18-10-7-6-8-11-18/h6-8,10-13,17H,3-5,9,14-16H2,1-2H3. The molecule has 4 heteroatoms. The summed E-state index contributed by atoms with van der Waals surface area (Å²) in [5.41, 5.74) is 1.02. The van der Waals surface area contributed by atoms with E-state index in [4.69, 9.17) is 0 Å². The van der Waals surface area contributed by atoms with E-state index in [-0.39, 0.29) is 4.48 Å². The van der Waals surface area contributed by atoms with Gasteiger partial charge in [0.25, 0.3) is 6.09 Å². The van der Waals surface area contributed by atoms with E-state index < -0.39 is 6.09 Å². The Bertz CT molecular complexity index is 529. The molecular weight excluding hydrogens is 288 g/mol. The molecule has 0 bridgehead atoms. The van der Waals surface area contributed by atoms with E-state index in [1.54, 1.807) is 6.20 Å². The fourth-order valence-corrected chi connectivity index (χ4v) is 3.20. The fourth-order valence-electron chi connectivity index (χ4n) is 3.20. The third-order valence-corrected chi connectivity index (χ3v) is 4.70. The van der Waals surface area contributed by atoms with Gasteiger partial charge in [0.15, 0.2) is 6.67 Å². The van der Waals surface area contributed by atoms with E-state index in [0.717, 1.165) is 18.5 Å². The Morgan fingerprint density at radius 2 is 2.04 bits per heavy atom. The first-order valence-electron chi connectivity index (χ1n) is 8.65. The number of carbonyl (C=O) groups excluding carboxylic acids is 1. The molecule has 0 saturated carbocycles. The molecule has 1 aliphatic heterocycles. The van der Waals surface area contributed by atoms with Gasteiger partial charge in [-0.1, -0.05) is 63.4 Å². The van der Waals surface area contributed by atoms with Crippen molar-refractivity contribution in [3.63, 3.8) is 0 Å². The quantitative estimate of drug-likeness (QED) is 0.691. The van der Waals surface area contributed by atoms with Crippen LogP contribution in [0.2, 0.25) is 0 Å². The van der Waals surface area contributed by atoms with Crippen LogP contribution >= 0.6 is 0 Å². The van der Waals surface area contributed by atoms with Gasteiger partial charge in [0, 0.05) is 12.1 Å². The number of hydrogen-bond donors (Lipinski definition) is 0. The van der Waals surface area contributed by atoms with Crippen LogP contribution in [0.3, 0.4) is 0 Å². The minimum absolute atomic E-state index is 0.145. The van der Waals surface area contributed by atoms with E-state index in [0.29, 0.717) is 19.1 Å². The molecule has 4 nitrogen and oxygen atoms in total. The van der Waals surface area contributed by atoms with Crippen molar-refractivity contribution in [3.05, 3.63) is 48.3 Å². The summed E-state index contributed by atoms with van der Waals surface area (Å²) in [6.07, 6.45) is 7.46. The second-order valence-electron chi connectivity index (χ2n) is 6.57. The fraction of sp³-hybridized carbons (Fsp3) is 0.526. The number of carboxylic acid groups (broad SMARTS) is 1. The molecule has 2 rings (SSSR count). The number of quaternary nitrogens is 1. The smallest absolute Gasteiger partial charge is 0.264 e. The van der Waals surface area contributed by atoms with Gasteiger partial charge in [0.05, 0.1) is 6.20 Å². The van der Waals surface area contributed by atoms with Crippen LogP contribution in [0.5, 0.6) is 0 Å². The third-order valence-electron chi connectivity index (χ3n) is 4.70. The highest BCUT2D eigenvalue weighted by Gasteiger charge is 2.35. The molecule has 0 N–H and O–H groups in total. The number of benzene rings is 1. The normalized spacial score (nSPS) is 21.6. The van der Waals surface area contributed by atoms with Gasteiger partial charge < -0.3 is 14.8 Å². The van der Waals surface area contributed by atoms with Crippen molar-refractivity contribution in [1.82, 2.24) is 4.90 Å². The summed E-state index contributed by atoms with van der Waals surface area (Å²) in [5, 5.41) is 11.8. The first-order chi connectivity index (χ1) is 11.1. The van der Waals surface area contributed by atoms with Gasteiger partial charge in [0.2, 0.25) is 0 Å². The summed E-state index contributed by atoms with van der Waals surface area (Å²) in [7, 11) is 0. The lowest BCUT2D eigenvalue weighted by atomic mass is 9.99. The predicted molar refractivity (Wildman–Crippen MR) is 89.8 cm³/mol. The zero-order valence-corrected chi connectivity index (χ0v) is 14.3. The molecule has 0 radical (unpaired) electrons. The number of amides is 1. The van der Waals surface area contributed by atoms with Crippen LogP contribution in [0.4, 0.5) is 4.79 Å². The molecule has 2 unspecified atom stereocenters. The zero-order chi connectivity index (χ0) is 16.7. The second-order valence-corrected chi connectivity index (χ2v) is 6.57. The van der Waals surface area contributed by atoms with E-state index >= 15 is 0 Å². The number of rotatable bonds is 8. The van der Waals surface area contributed by atoms with Crippen molar-refractivity contribution in [1.29, 1.82) is 0 Å². The van der Waals surface area contributed by atoms with Crippen LogP contribution in [0.25, 0.3) is 0 Å². The third kappa shape index (κ3) is 4.58. The van der Waals surface area contributed by atoms with Crippen molar-refractivity contribution < 1.29 is 14.4 Å². The lowest BCUT2D eigenvalue weighted by Gasteiger charge is -2.33. The number of unbranched alkanes of at least 4 members (excludes halogenated alkanes) is 1. The summed E-state index contributed by atoms with van der Waals surface area (Å²) in [6.45, 7) is 6.24. The SMILES string of the molecule is CCCCC(CC)CN1C=C[N+](Cc2ccccc2)(C(=O)[O-])C1. The minimum atomic E-state index is -1.03. The highest BCUT2D eigenvalue weighted by molar-refractivity contribution is 5.55. The Morgan fingerprint density at radius 3 is 2.65 bits per heavy atom. The number of hydrogen-bond acceptors (Lipinski definition) is 3. The average molecular weight is 316 g/mol. The van der Waals surface area contributed by atoms with Crippen molar-refractivity contribution in [2.24, 2.45) is 5.92 Å². The summed E-state index contributed by atoms with van der Waals surface area (Å²) in [6, 6.07) is 9.76. The Labute approximate surface area is 139 Å². The van der Waals surface area contributed by atoms with Crippen molar-refractivity contribution >= 4 is 6.09 Å². The van der Waals surface area contributed by atoms with Crippen molar-refractivity contribution in [3.8, 4) is 0 Å². The maximum absolute atomic E-state index is 11.8. The second kappa shape index (κ2) is 8.16. The Kier molecular flexibility index (Phi) is 6.22. The number of nitrogens with zero attached hydrogens (tertiary/aromatic N) is 2. The van der Waals surface area contributed by atoms with Gasteiger partial charge in [-0.3, -0.25) is 0 Å². The largest absolute Gasteiger partial charge is 0.498 e. The molecule has 2 atom stereocenters. The van der Waals surface area contributed by atoms with E-state index in [9.17, 15) is 9.90 Å². The molecule has 23 heavy (non-hydrogen) atoms. The lowest BCUT2D eigenvalue weighted by Crippen LogP contribution is -2.55. The molecule has 0 aromatic heterocycles.